The Morgan fingerprint density at radius 2 is 0.955 bits per heavy atom. The Morgan fingerprint density at radius 1 is 0.636 bits per heavy atom. The second-order valence-electron chi connectivity index (χ2n) is 5.00. The lowest BCUT2D eigenvalue weighted by Gasteiger charge is -2.37. The van der Waals surface area contributed by atoms with Crippen LogP contribution in [0, 0.1) is 0 Å². The van der Waals surface area contributed by atoms with Crippen molar-refractivity contribution in [2.45, 2.75) is 24.8 Å². The second kappa shape index (κ2) is 6.54. The SMILES string of the molecule is OC1OC(c2ccc(Cl)cc2)C(O)OC1c1ccc(Cl)cc1. The van der Waals surface area contributed by atoms with Crippen LogP contribution in [0.15, 0.2) is 48.5 Å². The summed E-state index contributed by atoms with van der Waals surface area (Å²) in [5.41, 5.74) is 1.34. The predicted octanol–water partition coefficient (Wildman–Crippen LogP) is 3.46. The molecule has 0 saturated carbocycles. The van der Waals surface area contributed by atoms with Crippen molar-refractivity contribution in [3.8, 4) is 0 Å². The molecule has 0 bridgehead atoms. The molecule has 1 fully saturated rings. The number of hydrogen-bond acceptors (Lipinski definition) is 4. The minimum absolute atomic E-state index is 0.578. The van der Waals surface area contributed by atoms with E-state index >= 15 is 0 Å². The Bertz CT molecular complexity index is 572. The molecular weight excluding hydrogens is 327 g/mol. The molecular formula is C16H14Cl2O4. The van der Waals surface area contributed by atoms with Crippen molar-refractivity contribution in [1.82, 2.24) is 0 Å². The summed E-state index contributed by atoms with van der Waals surface area (Å²) >= 11 is 11.7. The number of aliphatic hydroxyl groups is 2. The lowest BCUT2D eigenvalue weighted by molar-refractivity contribution is -0.336. The van der Waals surface area contributed by atoms with Gasteiger partial charge in [0.15, 0.2) is 12.6 Å². The molecule has 116 valence electrons. The highest BCUT2D eigenvalue weighted by Crippen LogP contribution is 2.37. The molecule has 4 atom stereocenters. The Labute approximate surface area is 137 Å². The van der Waals surface area contributed by atoms with Gasteiger partial charge in [0.25, 0.3) is 0 Å². The van der Waals surface area contributed by atoms with Crippen LogP contribution >= 0.6 is 23.2 Å². The first-order valence-corrected chi connectivity index (χ1v) is 7.48. The zero-order valence-electron chi connectivity index (χ0n) is 11.4. The van der Waals surface area contributed by atoms with E-state index in [4.69, 9.17) is 32.7 Å². The molecule has 0 aromatic heterocycles. The van der Waals surface area contributed by atoms with Crippen molar-refractivity contribution < 1.29 is 19.7 Å². The van der Waals surface area contributed by atoms with Gasteiger partial charge in [0.05, 0.1) is 0 Å². The van der Waals surface area contributed by atoms with Crippen molar-refractivity contribution >= 4 is 23.2 Å². The van der Waals surface area contributed by atoms with E-state index in [-0.39, 0.29) is 0 Å². The van der Waals surface area contributed by atoms with Crippen LogP contribution in [0.5, 0.6) is 0 Å². The Balaban J connectivity index is 1.79. The topological polar surface area (TPSA) is 58.9 Å². The van der Waals surface area contributed by atoms with Gasteiger partial charge < -0.3 is 19.7 Å². The maximum atomic E-state index is 10.2. The molecule has 2 N–H and O–H groups in total. The van der Waals surface area contributed by atoms with Crippen molar-refractivity contribution in [2.24, 2.45) is 0 Å². The van der Waals surface area contributed by atoms with Crippen LogP contribution in [-0.2, 0) is 9.47 Å². The van der Waals surface area contributed by atoms with Crippen LogP contribution in [-0.4, -0.2) is 22.8 Å². The number of aliphatic hydroxyl groups excluding tert-OH is 2. The molecule has 3 rings (SSSR count). The van der Waals surface area contributed by atoms with Gasteiger partial charge in [0.2, 0.25) is 0 Å². The first kappa shape index (κ1) is 15.7. The molecule has 1 heterocycles. The molecule has 0 radical (unpaired) electrons. The third-order valence-electron chi connectivity index (χ3n) is 3.49. The molecule has 6 heteroatoms. The summed E-state index contributed by atoms with van der Waals surface area (Å²) in [7, 11) is 0. The van der Waals surface area contributed by atoms with E-state index in [1.54, 1.807) is 48.5 Å². The first-order valence-electron chi connectivity index (χ1n) is 6.72. The number of rotatable bonds is 2. The molecule has 4 unspecified atom stereocenters. The van der Waals surface area contributed by atoms with Crippen molar-refractivity contribution in [3.05, 3.63) is 69.7 Å². The lowest BCUT2D eigenvalue weighted by atomic mass is 10.0. The third kappa shape index (κ3) is 3.27. The van der Waals surface area contributed by atoms with Crippen LogP contribution < -0.4 is 0 Å². The molecule has 1 aliphatic rings. The standard InChI is InChI=1S/C16H14Cl2O4/c17-11-5-1-9(2-6-11)13-15(19)22-14(16(20)21-13)10-3-7-12(18)8-4-10/h1-8,13-16,19-20H. The Hall–Kier alpha value is -1.14. The second-order valence-corrected chi connectivity index (χ2v) is 5.87. The number of benzene rings is 2. The van der Waals surface area contributed by atoms with E-state index < -0.39 is 24.8 Å². The number of hydrogen-bond donors (Lipinski definition) is 2. The van der Waals surface area contributed by atoms with Crippen molar-refractivity contribution in [3.63, 3.8) is 0 Å². The van der Waals surface area contributed by atoms with Gasteiger partial charge in [-0.05, 0) is 35.4 Å². The summed E-state index contributed by atoms with van der Waals surface area (Å²) in [6.07, 6.45) is -3.97. The maximum absolute atomic E-state index is 10.2. The molecule has 4 nitrogen and oxygen atoms in total. The van der Waals surface area contributed by atoms with E-state index in [1.807, 2.05) is 0 Å². The monoisotopic (exact) mass is 340 g/mol. The lowest BCUT2D eigenvalue weighted by Crippen LogP contribution is -2.40. The van der Waals surface area contributed by atoms with E-state index in [2.05, 4.69) is 0 Å². The smallest absolute Gasteiger partial charge is 0.186 e. The number of ether oxygens (including phenoxy) is 2. The van der Waals surface area contributed by atoms with Gasteiger partial charge >= 0.3 is 0 Å². The highest BCUT2D eigenvalue weighted by molar-refractivity contribution is 6.30. The van der Waals surface area contributed by atoms with E-state index in [1.165, 1.54) is 0 Å². The summed E-state index contributed by atoms with van der Waals surface area (Å²) in [5.74, 6) is 0. The van der Waals surface area contributed by atoms with Crippen LogP contribution in [0.25, 0.3) is 0 Å². The van der Waals surface area contributed by atoms with Crippen LogP contribution in [0.4, 0.5) is 0 Å². The number of halogens is 2. The molecule has 1 aliphatic heterocycles. The van der Waals surface area contributed by atoms with Gasteiger partial charge in [0, 0.05) is 10.0 Å². The fraction of sp³-hybridized carbons (Fsp3) is 0.250. The summed E-state index contributed by atoms with van der Waals surface area (Å²) in [6, 6.07) is 13.6. The minimum Gasteiger partial charge on any atom is -0.366 e. The highest BCUT2D eigenvalue weighted by Gasteiger charge is 2.38. The van der Waals surface area contributed by atoms with Gasteiger partial charge in [0.1, 0.15) is 12.2 Å². The minimum atomic E-state index is -1.20. The normalized spacial score (nSPS) is 28.5. The fourth-order valence-corrected chi connectivity index (χ4v) is 2.62. The highest BCUT2D eigenvalue weighted by atomic mass is 35.5. The third-order valence-corrected chi connectivity index (χ3v) is 3.99. The molecule has 0 aliphatic carbocycles. The Morgan fingerprint density at radius 3 is 1.27 bits per heavy atom. The average molecular weight is 341 g/mol. The summed E-state index contributed by atoms with van der Waals surface area (Å²) in [6.45, 7) is 0. The van der Waals surface area contributed by atoms with E-state index in [0.717, 1.165) is 0 Å². The quantitative estimate of drug-likeness (QED) is 0.878. The maximum Gasteiger partial charge on any atom is 0.186 e. The zero-order chi connectivity index (χ0) is 15.7. The fourth-order valence-electron chi connectivity index (χ4n) is 2.37. The van der Waals surface area contributed by atoms with Crippen LogP contribution in [0.2, 0.25) is 10.0 Å². The molecule has 22 heavy (non-hydrogen) atoms. The predicted molar refractivity (Wildman–Crippen MR) is 82.6 cm³/mol. The molecule has 1 saturated heterocycles. The van der Waals surface area contributed by atoms with Gasteiger partial charge in [-0.25, -0.2) is 0 Å². The first-order chi connectivity index (χ1) is 10.5. The summed E-state index contributed by atoms with van der Waals surface area (Å²) in [4.78, 5) is 0. The Kier molecular flexibility index (Phi) is 4.68. The van der Waals surface area contributed by atoms with Gasteiger partial charge in [-0.2, -0.15) is 0 Å². The van der Waals surface area contributed by atoms with E-state index in [0.29, 0.717) is 21.2 Å². The van der Waals surface area contributed by atoms with Gasteiger partial charge in [-0.1, -0.05) is 47.5 Å². The van der Waals surface area contributed by atoms with Crippen LogP contribution in [0.3, 0.4) is 0 Å². The zero-order valence-corrected chi connectivity index (χ0v) is 12.9. The van der Waals surface area contributed by atoms with E-state index in [9.17, 15) is 10.2 Å². The van der Waals surface area contributed by atoms with Crippen molar-refractivity contribution in [2.75, 3.05) is 0 Å². The average Bonchev–Trinajstić information content (AvgIpc) is 2.51. The molecule has 2 aromatic carbocycles. The van der Waals surface area contributed by atoms with Gasteiger partial charge in [-0.3, -0.25) is 0 Å². The van der Waals surface area contributed by atoms with Gasteiger partial charge in [-0.15, -0.1) is 0 Å². The van der Waals surface area contributed by atoms with Crippen molar-refractivity contribution in [1.29, 1.82) is 0 Å². The molecule has 0 spiro atoms. The summed E-state index contributed by atoms with van der Waals surface area (Å²) < 4.78 is 11.1. The van der Waals surface area contributed by atoms with Crippen LogP contribution in [0.1, 0.15) is 23.3 Å². The summed E-state index contributed by atoms with van der Waals surface area (Å²) in [5, 5.41) is 21.5. The molecule has 2 aromatic rings. The molecule has 0 amide bonds. The largest absolute Gasteiger partial charge is 0.366 e.